The van der Waals surface area contributed by atoms with E-state index in [4.69, 9.17) is 0 Å². The van der Waals surface area contributed by atoms with E-state index in [1.54, 1.807) is 11.9 Å². The number of nitrogens with one attached hydrogen (secondary N) is 3. The van der Waals surface area contributed by atoms with Gasteiger partial charge in [0.25, 0.3) is 0 Å². The fourth-order valence-corrected chi connectivity index (χ4v) is 5.29. The molecule has 12 heteroatoms. The first-order chi connectivity index (χ1) is 13.7. The van der Waals surface area contributed by atoms with Gasteiger partial charge < -0.3 is 4.90 Å². The quantitative estimate of drug-likeness (QED) is 0.595. The molecule has 3 heterocycles. The minimum atomic E-state index is -0.493. The number of urea groups is 1. The molecule has 0 bridgehead atoms. The van der Waals surface area contributed by atoms with Gasteiger partial charge in [-0.3, -0.25) is 30.4 Å². The molecule has 0 aromatic carbocycles. The lowest BCUT2D eigenvalue weighted by atomic mass is 9.95. The van der Waals surface area contributed by atoms with Crippen LogP contribution in [0.4, 0.5) is 9.93 Å². The van der Waals surface area contributed by atoms with Gasteiger partial charge in [-0.25, -0.2) is 4.79 Å². The van der Waals surface area contributed by atoms with Gasteiger partial charge in [0.15, 0.2) is 0 Å². The smallest absolute Gasteiger partial charge is 0.311 e. The number of anilines is 1. The van der Waals surface area contributed by atoms with Crippen molar-refractivity contribution >= 4 is 46.1 Å². The Morgan fingerprint density at radius 3 is 2.62 bits per heavy atom. The van der Waals surface area contributed by atoms with Gasteiger partial charge in [-0.2, -0.15) is 0 Å². The molecule has 1 aromatic rings. The van der Waals surface area contributed by atoms with Gasteiger partial charge in [0.1, 0.15) is 5.01 Å². The molecule has 2 fully saturated rings. The summed E-state index contributed by atoms with van der Waals surface area (Å²) in [6.07, 6.45) is 0.361. The minimum Gasteiger partial charge on any atom is -0.311 e. The van der Waals surface area contributed by atoms with Crippen molar-refractivity contribution in [1.82, 2.24) is 30.6 Å². The molecule has 2 aliphatic heterocycles. The lowest BCUT2D eigenvalue weighted by Gasteiger charge is -2.50. The third kappa shape index (κ3) is 4.87. The Balaban J connectivity index is 1.71. The molecule has 4 unspecified atom stereocenters. The van der Waals surface area contributed by atoms with Gasteiger partial charge >= 0.3 is 6.03 Å². The number of amides is 4. The molecule has 0 radical (unpaired) electrons. The van der Waals surface area contributed by atoms with E-state index in [1.165, 1.54) is 30.1 Å². The molecule has 160 valence electrons. The number of carbonyl (C=O) groups is 3. The van der Waals surface area contributed by atoms with Crippen LogP contribution in [-0.2, 0) is 9.59 Å². The second-order valence-corrected chi connectivity index (χ2v) is 9.99. The first-order valence-electron chi connectivity index (χ1n) is 9.45. The van der Waals surface area contributed by atoms with Crippen LogP contribution in [-0.4, -0.2) is 75.4 Å². The van der Waals surface area contributed by atoms with Crippen LogP contribution in [0.5, 0.6) is 0 Å². The zero-order valence-corrected chi connectivity index (χ0v) is 18.8. The molecule has 0 aliphatic carbocycles. The van der Waals surface area contributed by atoms with Gasteiger partial charge in [-0.15, -0.1) is 22.0 Å². The minimum absolute atomic E-state index is 0.0610. The summed E-state index contributed by atoms with van der Waals surface area (Å²) in [6.45, 7) is 6.05. The molecule has 4 atom stereocenters. The largest absolute Gasteiger partial charge is 0.327 e. The van der Waals surface area contributed by atoms with Crippen molar-refractivity contribution in [3.63, 3.8) is 0 Å². The van der Waals surface area contributed by atoms with E-state index in [1.807, 2.05) is 6.92 Å². The predicted octanol–water partition coefficient (Wildman–Crippen LogP) is 0.875. The van der Waals surface area contributed by atoms with Crippen molar-refractivity contribution in [3.8, 4) is 0 Å². The summed E-state index contributed by atoms with van der Waals surface area (Å²) in [5, 5.41) is 18.3. The monoisotopic (exact) mass is 441 g/mol. The molecule has 1 aromatic heterocycles. The molecule has 3 rings (SSSR count). The molecule has 0 saturated carbocycles. The molecule has 10 nitrogen and oxygen atoms in total. The van der Waals surface area contributed by atoms with Gasteiger partial charge in [-0.05, 0) is 19.3 Å². The highest BCUT2D eigenvalue weighted by Gasteiger charge is 2.50. The molecule has 3 N–H and O–H groups in total. The number of carbonyl (C=O) groups excluding carboxylic acids is 3. The highest BCUT2D eigenvalue weighted by Crippen LogP contribution is 2.32. The molecule has 2 aliphatic rings. The van der Waals surface area contributed by atoms with Crippen molar-refractivity contribution in [2.45, 2.75) is 44.9 Å². The highest BCUT2D eigenvalue weighted by molar-refractivity contribution is 8.00. The van der Waals surface area contributed by atoms with E-state index in [9.17, 15) is 14.4 Å². The van der Waals surface area contributed by atoms with Crippen LogP contribution in [0.3, 0.4) is 0 Å². The summed E-state index contributed by atoms with van der Waals surface area (Å²) < 4.78 is 0. The van der Waals surface area contributed by atoms with E-state index >= 15 is 0 Å². The Morgan fingerprint density at radius 2 is 2.00 bits per heavy atom. The lowest BCUT2D eigenvalue weighted by Crippen LogP contribution is -2.74. The summed E-state index contributed by atoms with van der Waals surface area (Å²) >= 11 is 2.68. The zero-order chi connectivity index (χ0) is 21.3. The van der Waals surface area contributed by atoms with Crippen LogP contribution >= 0.6 is 23.1 Å². The summed E-state index contributed by atoms with van der Waals surface area (Å²) in [7, 11) is 3.18. The molecule has 2 saturated heterocycles. The Morgan fingerprint density at radius 1 is 1.28 bits per heavy atom. The summed E-state index contributed by atoms with van der Waals surface area (Å²) in [6, 6.07) is -0.331. The Kier molecular flexibility index (Phi) is 6.76. The fraction of sp³-hybridized carbons (Fsp3) is 0.706. The first-order valence-corrected chi connectivity index (χ1v) is 11.3. The number of thioether (sulfide) groups is 1. The van der Waals surface area contributed by atoms with Crippen LogP contribution in [0.2, 0.25) is 0 Å². The van der Waals surface area contributed by atoms with Gasteiger partial charge in [-0.1, -0.05) is 25.2 Å². The number of aromatic nitrogens is 2. The normalized spacial score (nSPS) is 27.4. The van der Waals surface area contributed by atoms with E-state index in [0.717, 1.165) is 16.3 Å². The molecule has 0 spiro atoms. The third-order valence-electron chi connectivity index (χ3n) is 4.90. The number of hydrogen-bond donors (Lipinski definition) is 3. The zero-order valence-electron chi connectivity index (χ0n) is 17.1. The van der Waals surface area contributed by atoms with Gasteiger partial charge in [0.05, 0.1) is 29.4 Å². The molecule has 4 amide bonds. The van der Waals surface area contributed by atoms with E-state index in [2.05, 4.69) is 40.0 Å². The number of fused-ring (bicyclic) bond motifs is 1. The number of rotatable bonds is 6. The van der Waals surface area contributed by atoms with Crippen molar-refractivity contribution in [1.29, 1.82) is 0 Å². The Hall–Kier alpha value is -1.76. The average Bonchev–Trinajstić information content (AvgIpc) is 3.06. The topological polar surface area (TPSA) is 120 Å². The maximum absolute atomic E-state index is 12.9. The Bertz CT molecular complexity index is 787. The summed E-state index contributed by atoms with van der Waals surface area (Å²) in [5.74, 6) is -0.368. The van der Waals surface area contributed by atoms with E-state index in [0.29, 0.717) is 11.0 Å². The van der Waals surface area contributed by atoms with E-state index in [-0.39, 0.29) is 35.1 Å². The number of hydrogen-bond acceptors (Lipinski definition) is 9. The van der Waals surface area contributed by atoms with Crippen LogP contribution in [0, 0.1) is 18.8 Å². The fourth-order valence-electron chi connectivity index (χ4n) is 3.54. The van der Waals surface area contributed by atoms with E-state index < -0.39 is 12.1 Å². The first kappa shape index (κ1) is 21.9. The van der Waals surface area contributed by atoms with Crippen LogP contribution in [0.25, 0.3) is 0 Å². The Labute approximate surface area is 178 Å². The van der Waals surface area contributed by atoms with Crippen molar-refractivity contribution in [2.24, 2.45) is 11.8 Å². The predicted molar refractivity (Wildman–Crippen MR) is 112 cm³/mol. The second-order valence-electron chi connectivity index (χ2n) is 7.68. The molecular weight excluding hydrogens is 414 g/mol. The van der Waals surface area contributed by atoms with Gasteiger partial charge in [0, 0.05) is 14.1 Å². The SMILES string of the molecule is Cc1nnc(NC(=O)CSC2NC(CC(C)C)NC3C2C(=O)N(C)C(=O)N3C)s1. The number of imide groups is 1. The lowest BCUT2D eigenvalue weighted by molar-refractivity contribution is -0.140. The molecular formula is C17H27N7O3S2. The standard InChI is InChI=1S/C17H27N7O3S2/c1-8(2)6-10-18-13-12(15(26)24(5)17(27)23(13)4)14(19-10)28-7-11(25)20-16-22-21-9(3)29-16/h8,10,12-14,18-19H,6-7H2,1-5H3,(H,20,22,25). The summed E-state index contributed by atoms with van der Waals surface area (Å²) in [4.78, 5) is 40.3. The van der Waals surface area contributed by atoms with Crippen LogP contribution in [0.15, 0.2) is 0 Å². The van der Waals surface area contributed by atoms with Crippen LogP contribution in [0.1, 0.15) is 25.3 Å². The second kappa shape index (κ2) is 8.94. The van der Waals surface area contributed by atoms with Crippen molar-refractivity contribution in [2.75, 3.05) is 25.2 Å². The highest BCUT2D eigenvalue weighted by atomic mass is 32.2. The van der Waals surface area contributed by atoms with Gasteiger partial charge in [0.2, 0.25) is 16.9 Å². The maximum atomic E-state index is 12.9. The van der Waals surface area contributed by atoms with Crippen molar-refractivity contribution in [3.05, 3.63) is 5.01 Å². The number of nitrogens with zero attached hydrogens (tertiary/aromatic N) is 4. The van der Waals surface area contributed by atoms with Crippen LogP contribution < -0.4 is 16.0 Å². The third-order valence-corrected chi connectivity index (χ3v) is 6.87. The molecule has 29 heavy (non-hydrogen) atoms. The average molecular weight is 442 g/mol. The van der Waals surface area contributed by atoms with Crippen molar-refractivity contribution < 1.29 is 14.4 Å². The maximum Gasteiger partial charge on any atom is 0.327 e. The summed E-state index contributed by atoms with van der Waals surface area (Å²) in [5.41, 5.74) is 0. The number of aryl methyl sites for hydroxylation is 1.